The summed E-state index contributed by atoms with van der Waals surface area (Å²) >= 11 is 4.67. The molecular weight excluding hydrogens is 496 g/mol. The summed E-state index contributed by atoms with van der Waals surface area (Å²) in [6.45, 7) is 0. The van der Waals surface area contributed by atoms with E-state index in [2.05, 4.69) is 0 Å². The molecule has 0 rings (SSSR count). The number of alkyl halides is 3. The average molecular weight is 496 g/mol. The Bertz CT molecular complexity index is 168. The molecule has 0 spiro atoms. The van der Waals surface area contributed by atoms with Gasteiger partial charge in [0.15, 0.2) is 0 Å². The number of hydrogen-bond donors (Lipinski definition) is 0. The number of rotatable bonds is 1. The summed E-state index contributed by atoms with van der Waals surface area (Å²) in [7, 11) is -4.13. The Morgan fingerprint density at radius 1 is 1.22 bits per heavy atom. The van der Waals surface area contributed by atoms with Crippen LogP contribution in [0.2, 0.25) is 0 Å². The molecule has 0 unspecified atom stereocenters. The maximum Gasteiger partial charge on any atom is 1.00 e. The Kier molecular flexibility index (Phi) is 8.06. The number of halogens is 3. The summed E-state index contributed by atoms with van der Waals surface area (Å²) < 4.78 is 29.0. The Morgan fingerprint density at radius 3 is 1.33 bits per heavy atom. The SMILES string of the molecule is O=S(=O)([O-])C(I)(I)I.[Na+]. The van der Waals surface area contributed by atoms with Gasteiger partial charge in [-0.05, 0) is 67.8 Å². The predicted octanol–water partition coefficient (Wildman–Crippen LogP) is -1.55. The van der Waals surface area contributed by atoms with E-state index in [0.717, 1.165) is 0 Å². The van der Waals surface area contributed by atoms with Gasteiger partial charge in [0.05, 0.1) is 0 Å². The van der Waals surface area contributed by atoms with Crippen LogP contribution < -0.4 is 29.6 Å². The molecule has 0 aromatic rings. The summed E-state index contributed by atoms with van der Waals surface area (Å²) in [5.41, 5.74) is 0. The van der Waals surface area contributed by atoms with E-state index >= 15 is 0 Å². The fraction of sp³-hybridized carbons (Fsp3) is 1.00. The van der Waals surface area contributed by atoms with E-state index in [9.17, 15) is 13.0 Å². The average Bonchev–Trinajstić information content (AvgIpc) is 1.25. The molecule has 0 fully saturated rings. The van der Waals surface area contributed by atoms with E-state index in [1.165, 1.54) is 0 Å². The van der Waals surface area contributed by atoms with Crippen molar-refractivity contribution >= 4 is 77.9 Å². The van der Waals surface area contributed by atoms with Gasteiger partial charge >= 0.3 is 29.6 Å². The first-order valence-electron chi connectivity index (χ1n) is 1.27. The van der Waals surface area contributed by atoms with Crippen LogP contribution in [0.15, 0.2) is 0 Å². The molecule has 0 heterocycles. The number of hydrogen-bond acceptors (Lipinski definition) is 3. The smallest absolute Gasteiger partial charge is 0.746 e. The molecule has 0 aromatic carbocycles. The van der Waals surface area contributed by atoms with Crippen LogP contribution in [0.1, 0.15) is 0 Å². The zero-order valence-electron chi connectivity index (χ0n) is 4.27. The third-order valence-corrected chi connectivity index (χ3v) is 5.70. The zero-order chi connectivity index (χ0) is 7.00. The van der Waals surface area contributed by atoms with Crippen molar-refractivity contribution in [2.45, 2.75) is -1.23 Å². The molecule has 3 nitrogen and oxygen atoms in total. The van der Waals surface area contributed by atoms with Gasteiger partial charge in [0.25, 0.3) is 0 Å². The monoisotopic (exact) mass is 496 g/mol. The molecule has 0 saturated carbocycles. The standard InChI is InChI=1S/CHI3O3S.Na/c2-1(3,4)8(5,6)7;/h(H,5,6,7);/q;+1/p-1. The molecule has 0 radical (unpaired) electrons. The maximum absolute atomic E-state index is 10.1. The molecule has 0 N–H and O–H groups in total. The van der Waals surface area contributed by atoms with Crippen LogP contribution in [0, 0.1) is 0 Å². The normalized spacial score (nSPS) is 12.4. The van der Waals surface area contributed by atoms with Gasteiger partial charge in [-0.15, -0.1) is 0 Å². The fourth-order valence-corrected chi connectivity index (χ4v) is 0. The summed E-state index contributed by atoms with van der Waals surface area (Å²) in [5, 5.41) is 0. The molecule has 0 amide bonds. The minimum atomic E-state index is -4.13. The Balaban J connectivity index is 0. The minimum absolute atomic E-state index is 0. The molecule has 8 heteroatoms. The summed E-state index contributed by atoms with van der Waals surface area (Å²) in [5.74, 6) is 0. The van der Waals surface area contributed by atoms with E-state index in [0.29, 0.717) is 0 Å². The molecular formula is CI3NaO3S. The second-order valence-electron chi connectivity index (χ2n) is 0.900. The van der Waals surface area contributed by atoms with Gasteiger partial charge in [-0.3, -0.25) is 0 Å². The first kappa shape index (κ1) is 14.6. The molecule has 0 bridgehead atoms. The minimum Gasteiger partial charge on any atom is -0.746 e. The molecule has 0 aliphatic carbocycles. The van der Waals surface area contributed by atoms with Crippen molar-refractivity contribution in [3.05, 3.63) is 0 Å². The summed E-state index contributed by atoms with van der Waals surface area (Å²) in [4.78, 5) is 0. The van der Waals surface area contributed by atoms with Crippen molar-refractivity contribution in [1.82, 2.24) is 0 Å². The summed E-state index contributed by atoms with van der Waals surface area (Å²) in [6, 6.07) is 0. The van der Waals surface area contributed by atoms with Crippen LogP contribution in [0.4, 0.5) is 0 Å². The second kappa shape index (κ2) is 4.97. The molecule has 0 aromatic heterocycles. The quantitative estimate of drug-likeness (QED) is 0.192. The Labute approximate surface area is 117 Å². The maximum atomic E-state index is 10.1. The van der Waals surface area contributed by atoms with Crippen molar-refractivity contribution in [3.63, 3.8) is 0 Å². The van der Waals surface area contributed by atoms with Crippen LogP contribution >= 0.6 is 67.8 Å². The largest absolute Gasteiger partial charge is 1.00 e. The van der Waals surface area contributed by atoms with Crippen molar-refractivity contribution in [1.29, 1.82) is 0 Å². The molecule has 0 aliphatic rings. The first-order chi connectivity index (χ1) is 3.25. The van der Waals surface area contributed by atoms with Gasteiger partial charge < -0.3 is 4.55 Å². The van der Waals surface area contributed by atoms with Crippen molar-refractivity contribution in [3.8, 4) is 0 Å². The predicted molar refractivity (Wildman–Crippen MR) is 54.5 cm³/mol. The van der Waals surface area contributed by atoms with Gasteiger partial charge in [-0.25, -0.2) is 8.42 Å². The summed E-state index contributed by atoms with van der Waals surface area (Å²) in [6.07, 6.45) is 0. The molecule has 9 heavy (non-hydrogen) atoms. The van der Waals surface area contributed by atoms with E-state index in [4.69, 9.17) is 0 Å². The zero-order valence-corrected chi connectivity index (χ0v) is 13.6. The van der Waals surface area contributed by atoms with Crippen molar-refractivity contribution in [2.75, 3.05) is 0 Å². The van der Waals surface area contributed by atoms with Crippen LogP contribution in [0.25, 0.3) is 0 Å². The van der Waals surface area contributed by atoms with E-state index < -0.39 is 8.89 Å². The van der Waals surface area contributed by atoms with Crippen LogP contribution in [0.5, 0.6) is 0 Å². The molecule has 0 aliphatic heterocycles. The second-order valence-corrected chi connectivity index (χ2v) is 15.7. The van der Waals surface area contributed by atoms with Gasteiger partial charge in [0.1, 0.15) is 10.1 Å². The molecule has 0 saturated heterocycles. The van der Waals surface area contributed by atoms with Gasteiger partial charge in [-0.1, -0.05) is 0 Å². The van der Waals surface area contributed by atoms with Crippen LogP contribution in [-0.4, -0.2) is 11.7 Å². The van der Waals surface area contributed by atoms with E-state index in [-0.39, 0.29) is 29.6 Å². The molecule has 50 valence electrons. The molecule has 0 atom stereocenters. The third kappa shape index (κ3) is 6.28. The van der Waals surface area contributed by atoms with E-state index in [1.54, 1.807) is 67.8 Å². The first-order valence-corrected chi connectivity index (χ1v) is 5.92. The van der Waals surface area contributed by atoms with Crippen molar-refractivity contribution in [2.24, 2.45) is 0 Å². The fourth-order valence-electron chi connectivity index (χ4n) is 0. The van der Waals surface area contributed by atoms with Crippen molar-refractivity contribution < 1.29 is 42.5 Å². The van der Waals surface area contributed by atoms with Gasteiger partial charge in [0, 0.05) is 0 Å². The van der Waals surface area contributed by atoms with E-state index in [1.807, 2.05) is 0 Å². The van der Waals surface area contributed by atoms with Crippen LogP contribution in [0.3, 0.4) is 0 Å². The topological polar surface area (TPSA) is 57.2 Å². The van der Waals surface area contributed by atoms with Gasteiger partial charge in [0.2, 0.25) is -1.23 Å². The third-order valence-electron chi connectivity index (χ3n) is 0.283. The van der Waals surface area contributed by atoms with Crippen LogP contribution in [-0.2, 0) is 10.1 Å². The van der Waals surface area contributed by atoms with Gasteiger partial charge in [-0.2, -0.15) is 0 Å². The Morgan fingerprint density at radius 2 is 1.33 bits per heavy atom. The Hall–Kier alpha value is 3.10.